The highest BCUT2D eigenvalue weighted by molar-refractivity contribution is 8.13. The maximum atomic E-state index is 10.9. The van der Waals surface area contributed by atoms with Gasteiger partial charge >= 0.3 is 0 Å². The zero-order chi connectivity index (χ0) is 11.4. The number of hydrogen-bond donors (Lipinski definition) is 0. The molecule has 0 aliphatic carbocycles. The summed E-state index contributed by atoms with van der Waals surface area (Å²) in [5.74, 6) is 0.401. The van der Waals surface area contributed by atoms with Gasteiger partial charge in [0.25, 0.3) is 0 Å². The topological polar surface area (TPSA) is 43.4 Å². The van der Waals surface area contributed by atoms with Gasteiger partial charge in [-0.2, -0.15) is 0 Å². The molecule has 0 N–H and O–H groups in total. The van der Waals surface area contributed by atoms with Crippen LogP contribution in [0.15, 0.2) is 0 Å². The van der Waals surface area contributed by atoms with Crippen molar-refractivity contribution < 1.29 is 13.2 Å². The van der Waals surface area contributed by atoms with E-state index in [2.05, 4.69) is 0 Å². The van der Waals surface area contributed by atoms with Crippen LogP contribution in [0.2, 0.25) is 0 Å². The van der Waals surface area contributed by atoms with E-state index < -0.39 is 14.5 Å². The molecule has 14 heavy (non-hydrogen) atoms. The second-order valence-corrected chi connectivity index (χ2v) is 7.53. The summed E-state index contributed by atoms with van der Waals surface area (Å²) in [5.41, 5.74) is -0.421. The van der Waals surface area contributed by atoms with Crippen LogP contribution in [-0.4, -0.2) is 27.4 Å². The summed E-state index contributed by atoms with van der Waals surface area (Å²) in [6.45, 7) is 8.81. The first-order chi connectivity index (χ1) is 6.12. The van der Waals surface area contributed by atoms with Gasteiger partial charge in [0.1, 0.15) is 0 Å². The zero-order valence-corrected chi connectivity index (χ0v) is 10.8. The van der Waals surface area contributed by atoms with Gasteiger partial charge in [-0.15, -0.1) is 0 Å². The van der Waals surface area contributed by atoms with E-state index in [1.807, 2.05) is 27.7 Å². The van der Waals surface area contributed by atoms with Crippen LogP contribution in [0.4, 0.5) is 0 Å². The summed E-state index contributed by atoms with van der Waals surface area (Å²) in [4.78, 5) is 0. The van der Waals surface area contributed by atoms with Gasteiger partial charge in [0.2, 0.25) is 9.05 Å². The summed E-state index contributed by atoms with van der Waals surface area (Å²) in [5, 5.41) is 0. The van der Waals surface area contributed by atoms with Gasteiger partial charge in [0.05, 0.1) is 12.4 Å². The van der Waals surface area contributed by atoms with Crippen LogP contribution in [0, 0.1) is 11.3 Å². The Hall–Kier alpha value is 0.200. The highest BCUT2D eigenvalue weighted by atomic mass is 35.7. The normalized spacial score (nSPS) is 13.6. The van der Waals surface area contributed by atoms with Crippen molar-refractivity contribution in [1.82, 2.24) is 0 Å². The molecule has 0 saturated carbocycles. The molecule has 0 bridgehead atoms. The maximum Gasteiger partial charge on any atom is 0.233 e. The highest BCUT2D eigenvalue weighted by Gasteiger charge is 2.25. The van der Waals surface area contributed by atoms with Crippen LogP contribution < -0.4 is 0 Å². The molecule has 5 heteroatoms. The predicted molar refractivity (Wildman–Crippen MR) is 59.1 cm³/mol. The molecule has 0 aromatic carbocycles. The number of ether oxygens (including phenoxy) is 1. The third-order valence-corrected chi connectivity index (χ3v) is 2.96. The van der Waals surface area contributed by atoms with E-state index in [-0.39, 0.29) is 5.75 Å². The quantitative estimate of drug-likeness (QED) is 0.671. The first-order valence-electron chi connectivity index (χ1n) is 4.62. The van der Waals surface area contributed by atoms with Gasteiger partial charge in [0, 0.05) is 22.7 Å². The van der Waals surface area contributed by atoms with E-state index in [0.29, 0.717) is 19.1 Å². The van der Waals surface area contributed by atoms with E-state index in [4.69, 9.17) is 15.4 Å². The lowest BCUT2D eigenvalue weighted by Gasteiger charge is -2.23. The van der Waals surface area contributed by atoms with Gasteiger partial charge in [-0.05, 0) is 5.92 Å². The molecule has 0 amide bonds. The Morgan fingerprint density at radius 3 is 2.21 bits per heavy atom. The first kappa shape index (κ1) is 14.2. The van der Waals surface area contributed by atoms with Crippen molar-refractivity contribution in [2.24, 2.45) is 11.3 Å². The van der Waals surface area contributed by atoms with Crippen molar-refractivity contribution in [1.29, 1.82) is 0 Å². The lowest BCUT2D eigenvalue weighted by molar-refractivity contribution is 0.0560. The number of halogens is 1. The molecule has 0 heterocycles. The third kappa shape index (κ3) is 8.78. The van der Waals surface area contributed by atoms with Crippen molar-refractivity contribution in [2.75, 3.05) is 19.0 Å². The van der Waals surface area contributed by atoms with Crippen molar-refractivity contribution in [3.8, 4) is 0 Å². The highest BCUT2D eigenvalue weighted by Crippen LogP contribution is 2.20. The van der Waals surface area contributed by atoms with Crippen LogP contribution in [-0.2, 0) is 13.8 Å². The fourth-order valence-corrected chi connectivity index (χ4v) is 2.98. The largest absolute Gasteiger partial charge is 0.381 e. The SMILES string of the molecule is CC(C)COCC(C)(C)CS(=O)(=O)Cl. The fraction of sp³-hybridized carbons (Fsp3) is 1.00. The summed E-state index contributed by atoms with van der Waals surface area (Å²) in [6, 6.07) is 0. The van der Waals surface area contributed by atoms with Gasteiger partial charge in [-0.25, -0.2) is 8.42 Å². The minimum Gasteiger partial charge on any atom is -0.381 e. The monoisotopic (exact) mass is 242 g/mol. The average molecular weight is 243 g/mol. The summed E-state index contributed by atoms with van der Waals surface area (Å²) >= 11 is 0. The van der Waals surface area contributed by atoms with Crippen molar-refractivity contribution in [3.05, 3.63) is 0 Å². The fourth-order valence-electron chi connectivity index (χ4n) is 1.08. The predicted octanol–water partition coefficient (Wildman–Crippen LogP) is 2.25. The van der Waals surface area contributed by atoms with E-state index in [1.54, 1.807) is 0 Å². The first-order valence-corrected chi connectivity index (χ1v) is 7.10. The lowest BCUT2D eigenvalue weighted by Crippen LogP contribution is -2.27. The van der Waals surface area contributed by atoms with E-state index >= 15 is 0 Å². The van der Waals surface area contributed by atoms with Crippen LogP contribution in [0.5, 0.6) is 0 Å². The maximum absolute atomic E-state index is 10.9. The number of hydrogen-bond acceptors (Lipinski definition) is 3. The molecule has 0 fully saturated rings. The Bertz CT molecular complexity index is 257. The average Bonchev–Trinajstić information content (AvgIpc) is 1.78. The molecule has 0 unspecified atom stereocenters. The molecule has 0 aromatic heterocycles. The Labute approximate surface area is 91.2 Å². The zero-order valence-electron chi connectivity index (χ0n) is 9.21. The van der Waals surface area contributed by atoms with Crippen LogP contribution in [0.1, 0.15) is 27.7 Å². The Balaban J connectivity index is 3.96. The Kier molecular flexibility index (Phi) is 5.41. The van der Waals surface area contributed by atoms with Gasteiger partial charge < -0.3 is 4.74 Å². The number of rotatable bonds is 6. The van der Waals surface area contributed by atoms with E-state index in [0.717, 1.165) is 0 Å². The Morgan fingerprint density at radius 1 is 1.36 bits per heavy atom. The molecule has 0 spiro atoms. The van der Waals surface area contributed by atoms with Crippen LogP contribution in [0.3, 0.4) is 0 Å². The molecule has 0 rings (SSSR count). The summed E-state index contributed by atoms with van der Waals surface area (Å²) in [7, 11) is 1.74. The smallest absolute Gasteiger partial charge is 0.233 e. The second kappa shape index (κ2) is 5.33. The second-order valence-electron chi connectivity index (χ2n) is 4.76. The molecule has 0 aromatic rings. The minimum absolute atomic E-state index is 0.0559. The van der Waals surface area contributed by atoms with Crippen molar-refractivity contribution in [3.63, 3.8) is 0 Å². The Morgan fingerprint density at radius 2 is 1.86 bits per heavy atom. The van der Waals surface area contributed by atoms with E-state index in [1.165, 1.54) is 0 Å². The molecular formula is C9H19ClO3S. The standard InChI is InChI=1S/C9H19ClO3S/c1-8(2)5-13-6-9(3,4)7-14(10,11)12/h8H,5-7H2,1-4H3. The third-order valence-electron chi connectivity index (χ3n) is 1.51. The molecule has 3 nitrogen and oxygen atoms in total. The van der Waals surface area contributed by atoms with Crippen LogP contribution >= 0.6 is 10.7 Å². The van der Waals surface area contributed by atoms with Gasteiger partial charge in [-0.1, -0.05) is 27.7 Å². The molecule has 86 valence electrons. The lowest BCUT2D eigenvalue weighted by atomic mass is 9.98. The molecule has 0 aliphatic heterocycles. The van der Waals surface area contributed by atoms with Gasteiger partial charge in [0.15, 0.2) is 0 Å². The summed E-state index contributed by atoms with van der Waals surface area (Å²) < 4.78 is 27.1. The molecule has 0 aliphatic rings. The van der Waals surface area contributed by atoms with Crippen LogP contribution in [0.25, 0.3) is 0 Å². The molecule has 0 radical (unpaired) electrons. The molecule has 0 saturated heterocycles. The molecular weight excluding hydrogens is 224 g/mol. The summed E-state index contributed by atoms with van der Waals surface area (Å²) in [6.07, 6.45) is 0. The molecule has 0 atom stereocenters. The van der Waals surface area contributed by atoms with Crippen molar-refractivity contribution >= 4 is 19.7 Å². The minimum atomic E-state index is -3.44. The van der Waals surface area contributed by atoms with E-state index in [9.17, 15) is 8.42 Å². The van der Waals surface area contributed by atoms with Gasteiger partial charge in [-0.3, -0.25) is 0 Å². The van der Waals surface area contributed by atoms with Crippen molar-refractivity contribution in [2.45, 2.75) is 27.7 Å².